The van der Waals surface area contributed by atoms with E-state index in [0.717, 1.165) is 168 Å². The van der Waals surface area contributed by atoms with Gasteiger partial charge in [0.05, 0.1) is 93.6 Å². The molecule has 10 aromatic heterocycles. The number of halogens is 5. The monoisotopic (exact) mass is 1500 g/mol. The molecule has 20 aromatic rings. The van der Waals surface area contributed by atoms with Gasteiger partial charge in [0.2, 0.25) is 0 Å². The van der Waals surface area contributed by atoms with Crippen molar-refractivity contribution in [3.8, 4) is 112 Å². The summed E-state index contributed by atoms with van der Waals surface area (Å²) >= 11 is 0. The number of aliphatic imine (C=N–C) groups is 1. The average molecular weight is 1500 g/mol. The molecule has 0 saturated heterocycles. The molecular formula is C93H63F5N16. The summed E-state index contributed by atoms with van der Waals surface area (Å²) in [7, 11) is 0. The van der Waals surface area contributed by atoms with Crippen LogP contribution in [-0.2, 0) is 6.54 Å². The lowest BCUT2D eigenvalue weighted by molar-refractivity contribution is 0.509. The third-order valence-corrected chi connectivity index (χ3v) is 19.6. The lowest BCUT2D eigenvalue weighted by Gasteiger charge is -2.10. The number of nitrogens with one attached hydrogen (secondary N) is 5. The fourth-order valence-electron chi connectivity index (χ4n) is 13.9. The lowest BCUT2D eigenvalue weighted by atomic mass is 9.96. The molecule has 0 unspecified atom stereocenters. The fourth-order valence-corrected chi connectivity index (χ4v) is 13.9. The van der Waals surface area contributed by atoms with Crippen LogP contribution in [0, 0.1) is 36.0 Å². The SMILES string of the molecule is Cc1cc(-c2ncccc2-c2ccc3[nH]ncc3c2)ccc1F.Fc1ccc(-c2ncccc2-c2ccc3[nH]ncc3c2)cc1F.Fc1cccc(-c2ncccc2-c2ccc3c(c2)C=NC3)c1.Fc1ccccc1-c1ncccc1-c1ccc2[nH]ncc2c1.c1cnc(-c2ccc3[nH]ncc3c2)c(-c2ccc3[nH]ncc3c2)c1. The van der Waals surface area contributed by atoms with Gasteiger partial charge in [0.1, 0.15) is 17.5 Å². The third kappa shape index (κ3) is 15.3. The quantitative estimate of drug-likeness (QED) is 0.0815. The summed E-state index contributed by atoms with van der Waals surface area (Å²) in [6.45, 7) is 2.51. The van der Waals surface area contributed by atoms with Crippen LogP contribution in [0.5, 0.6) is 0 Å². The number of aromatic amines is 5. The Morgan fingerprint density at radius 1 is 0.263 bits per heavy atom. The highest BCUT2D eigenvalue weighted by Gasteiger charge is 2.19. The Balaban J connectivity index is 0.000000103. The van der Waals surface area contributed by atoms with E-state index in [2.05, 4.69) is 135 Å². The van der Waals surface area contributed by atoms with Gasteiger partial charge in [-0.2, -0.15) is 25.5 Å². The molecule has 0 amide bonds. The van der Waals surface area contributed by atoms with Crippen molar-refractivity contribution in [3.63, 3.8) is 0 Å². The summed E-state index contributed by atoms with van der Waals surface area (Å²) in [5, 5.41) is 40.2. The van der Waals surface area contributed by atoms with Crippen LogP contribution >= 0.6 is 0 Å². The molecule has 0 atom stereocenters. The molecule has 0 bridgehead atoms. The summed E-state index contributed by atoms with van der Waals surface area (Å²) in [5.74, 6) is -2.48. The normalized spacial score (nSPS) is 11.4. The second kappa shape index (κ2) is 32.1. The molecule has 11 heterocycles. The van der Waals surface area contributed by atoms with Crippen molar-refractivity contribution in [1.29, 1.82) is 0 Å². The van der Waals surface area contributed by atoms with Gasteiger partial charge >= 0.3 is 0 Å². The number of aryl methyl sites for hydroxylation is 1. The Morgan fingerprint density at radius 2 is 0.614 bits per heavy atom. The van der Waals surface area contributed by atoms with E-state index in [-0.39, 0.29) is 17.5 Å². The molecule has 21 heteroatoms. The molecule has 0 saturated carbocycles. The molecule has 0 radical (unpaired) electrons. The van der Waals surface area contributed by atoms with E-state index in [1.807, 2.05) is 158 Å². The van der Waals surface area contributed by atoms with Gasteiger partial charge in [-0.1, -0.05) is 97.1 Å². The number of H-pyrrole nitrogens is 5. The second-order valence-electron chi connectivity index (χ2n) is 26.8. The number of benzene rings is 10. The number of aromatic nitrogens is 15. The first-order valence-corrected chi connectivity index (χ1v) is 36.3. The molecule has 114 heavy (non-hydrogen) atoms. The van der Waals surface area contributed by atoms with Crippen LogP contribution in [-0.4, -0.2) is 82.1 Å². The van der Waals surface area contributed by atoms with Crippen molar-refractivity contribution in [2.24, 2.45) is 4.99 Å². The lowest BCUT2D eigenvalue weighted by Crippen LogP contribution is -1.91. The van der Waals surface area contributed by atoms with Gasteiger partial charge in [-0.05, 0) is 209 Å². The summed E-state index contributed by atoms with van der Waals surface area (Å²) in [5.41, 5.74) is 25.6. The number of nitrogens with zero attached hydrogens (tertiary/aromatic N) is 11. The van der Waals surface area contributed by atoms with E-state index < -0.39 is 11.6 Å². The Morgan fingerprint density at radius 3 is 1.04 bits per heavy atom. The van der Waals surface area contributed by atoms with Gasteiger partial charge in [0.25, 0.3) is 0 Å². The molecular weight excluding hydrogens is 1440 g/mol. The Labute approximate surface area is 648 Å². The van der Waals surface area contributed by atoms with Crippen molar-refractivity contribution >= 4 is 60.7 Å². The standard InChI is InChI=1S/C19H14FN3.C19H13FN2.C19H13N5.C18H11F2N3.C18H12FN3/c1-12-9-14(4-6-17(12)20)19-16(3-2-8-21-19)13-5-7-18-15(10-13)11-22-23-18;20-17-4-1-3-14(10-17)19-18(5-2-8-22-19)13-6-7-15-11-21-12-16(15)9-13;1-2-16(12-3-5-17-14(8-12)10-21-23-17)19(20-7-1)13-4-6-18-15(9-13)11-22-24-18;19-15-5-3-12(9-16(15)20)18-14(2-1-7-21-18)11-4-6-17-13(8-11)10-22-23-17;19-16-6-2-1-4-15(16)18-14(5-3-9-20-18)12-7-8-17-13(10-12)11-21-22-17/h2-11H,1H3,(H,22,23);1-10,12H,11H2;1-11H,(H,21,23)(H,22,24);1-10H,(H,22,23);1-11H,(H,21,22). The number of pyridine rings is 5. The number of hydrogen-bond acceptors (Lipinski definition) is 11. The maximum Gasteiger partial charge on any atom is 0.159 e. The van der Waals surface area contributed by atoms with Crippen LogP contribution in [0.4, 0.5) is 22.0 Å². The van der Waals surface area contributed by atoms with Crippen molar-refractivity contribution in [2.75, 3.05) is 0 Å². The fraction of sp³-hybridized carbons (Fsp3) is 0.0215. The molecule has 1 aliphatic rings. The first-order valence-electron chi connectivity index (χ1n) is 36.3. The van der Waals surface area contributed by atoms with Gasteiger partial charge in [-0.3, -0.25) is 55.4 Å². The zero-order valence-corrected chi connectivity index (χ0v) is 60.6. The van der Waals surface area contributed by atoms with Gasteiger partial charge in [0, 0.05) is 120 Å². The highest BCUT2D eigenvalue weighted by Crippen LogP contribution is 2.39. The van der Waals surface area contributed by atoms with Crippen LogP contribution in [0.3, 0.4) is 0 Å². The van der Waals surface area contributed by atoms with Crippen LogP contribution in [0.2, 0.25) is 0 Å². The van der Waals surface area contributed by atoms with Crippen LogP contribution in [0.15, 0.2) is 322 Å². The Kier molecular flexibility index (Phi) is 20.1. The van der Waals surface area contributed by atoms with Crippen LogP contribution < -0.4 is 0 Å². The molecule has 10 aromatic carbocycles. The van der Waals surface area contributed by atoms with Crippen molar-refractivity contribution < 1.29 is 22.0 Å². The number of hydrogen-bond donors (Lipinski definition) is 5. The van der Waals surface area contributed by atoms with Gasteiger partial charge in [-0.15, -0.1) is 0 Å². The molecule has 21 rings (SSSR count). The Bertz CT molecular complexity index is 6680. The molecule has 1 aliphatic heterocycles. The van der Waals surface area contributed by atoms with Gasteiger partial charge in [-0.25, -0.2) is 22.0 Å². The first-order chi connectivity index (χ1) is 56.0. The number of rotatable bonds is 10. The maximum atomic E-state index is 14.1. The van der Waals surface area contributed by atoms with Crippen LogP contribution in [0.25, 0.3) is 166 Å². The zero-order chi connectivity index (χ0) is 77.4. The largest absolute Gasteiger partial charge is 0.288 e. The summed E-state index contributed by atoms with van der Waals surface area (Å²) < 4.78 is 67.9. The molecule has 16 nitrogen and oxygen atoms in total. The molecule has 0 aliphatic carbocycles. The van der Waals surface area contributed by atoms with Gasteiger partial charge < -0.3 is 0 Å². The van der Waals surface area contributed by atoms with Gasteiger partial charge in [0.15, 0.2) is 11.6 Å². The van der Waals surface area contributed by atoms with Crippen molar-refractivity contribution in [3.05, 3.63) is 363 Å². The van der Waals surface area contributed by atoms with Crippen molar-refractivity contribution in [2.45, 2.75) is 13.5 Å². The molecule has 550 valence electrons. The highest BCUT2D eigenvalue weighted by molar-refractivity contribution is 5.95. The van der Waals surface area contributed by atoms with E-state index in [1.165, 1.54) is 35.9 Å². The average Bonchev–Trinajstić information content (AvgIpc) is 1.50. The van der Waals surface area contributed by atoms with E-state index in [4.69, 9.17) is 0 Å². The minimum absolute atomic E-state index is 0.203. The first kappa shape index (κ1) is 71.5. The highest BCUT2D eigenvalue weighted by atomic mass is 19.2. The van der Waals surface area contributed by atoms with E-state index >= 15 is 0 Å². The van der Waals surface area contributed by atoms with Crippen molar-refractivity contribution in [1.82, 2.24) is 75.9 Å². The molecule has 0 spiro atoms. The summed E-state index contributed by atoms with van der Waals surface area (Å²) in [4.78, 5) is 26.6. The van der Waals surface area contributed by atoms with E-state index in [0.29, 0.717) is 28.1 Å². The predicted octanol–water partition coefficient (Wildman–Crippen LogP) is 22.4. The van der Waals surface area contributed by atoms with E-state index in [9.17, 15) is 22.0 Å². The third-order valence-electron chi connectivity index (χ3n) is 19.6. The zero-order valence-electron chi connectivity index (χ0n) is 60.6. The maximum absolute atomic E-state index is 14.1. The molecule has 5 N–H and O–H groups in total. The smallest absolute Gasteiger partial charge is 0.159 e. The summed E-state index contributed by atoms with van der Waals surface area (Å²) in [6.07, 6.45) is 19.5. The predicted molar refractivity (Wildman–Crippen MR) is 440 cm³/mol. The second-order valence-corrected chi connectivity index (χ2v) is 26.8. The minimum Gasteiger partial charge on any atom is -0.288 e. The number of fused-ring (bicyclic) bond motifs is 6. The Hall–Kier alpha value is -15.4. The topological polar surface area (TPSA) is 220 Å². The van der Waals surface area contributed by atoms with E-state index in [1.54, 1.807) is 74.6 Å². The summed E-state index contributed by atoms with van der Waals surface area (Å²) in [6, 6.07) is 78.4. The minimum atomic E-state index is -0.885. The molecule has 0 fully saturated rings. The van der Waals surface area contributed by atoms with Crippen LogP contribution in [0.1, 0.15) is 16.7 Å².